The lowest BCUT2D eigenvalue weighted by Crippen LogP contribution is -2.39. The number of benzene rings is 1. The zero-order valence-corrected chi connectivity index (χ0v) is 12.6. The van der Waals surface area contributed by atoms with Gasteiger partial charge in [0.25, 0.3) is 0 Å². The molecule has 6 nitrogen and oxygen atoms in total. The number of rotatable bonds is 2. The molecule has 3 rings (SSSR count). The Morgan fingerprint density at radius 3 is 2.83 bits per heavy atom. The molecule has 122 valence electrons. The van der Waals surface area contributed by atoms with Gasteiger partial charge in [0.05, 0.1) is 11.3 Å². The number of hydrogen-bond acceptors (Lipinski definition) is 3. The van der Waals surface area contributed by atoms with E-state index in [0.29, 0.717) is 24.2 Å². The minimum atomic E-state index is -0.960. The van der Waals surface area contributed by atoms with Crippen LogP contribution in [0.3, 0.4) is 0 Å². The summed E-state index contributed by atoms with van der Waals surface area (Å²) in [5.41, 5.74) is -0.0854. The van der Waals surface area contributed by atoms with Crippen LogP contribution in [0, 0.1) is 11.2 Å². The van der Waals surface area contributed by atoms with Gasteiger partial charge in [0.1, 0.15) is 5.82 Å². The molecule has 2 heterocycles. The number of carboxylic acids is 1. The molecule has 2 amide bonds. The second-order valence-electron chi connectivity index (χ2n) is 6.41. The summed E-state index contributed by atoms with van der Waals surface area (Å²) < 4.78 is 13.3. The van der Waals surface area contributed by atoms with Crippen molar-refractivity contribution in [3.63, 3.8) is 0 Å². The Hall–Kier alpha value is -2.44. The topological polar surface area (TPSA) is 86.7 Å². The van der Waals surface area contributed by atoms with Crippen molar-refractivity contribution in [2.75, 3.05) is 18.4 Å². The molecule has 2 aliphatic rings. The Balaban J connectivity index is 1.87. The lowest BCUT2D eigenvalue weighted by atomic mass is 9.88. The highest BCUT2D eigenvalue weighted by Crippen LogP contribution is 2.37. The van der Waals surface area contributed by atoms with E-state index in [-0.39, 0.29) is 24.8 Å². The zero-order valence-electron chi connectivity index (χ0n) is 12.6. The fraction of sp³-hybridized carbons (Fsp3) is 0.438. The normalized spacial score (nSPS) is 26.6. The first-order valence-electron chi connectivity index (χ1n) is 7.42. The van der Waals surface area contributed by atoms with Gasteiger partial charge >= 0.3 is 5.97 Å². The molecule has 1 aromatic carbocycles. The summed E-state index contributed by atoms with van der Waals surface area (Å²) in [6, 6.07) is 3.94. The number of aliphatic carboxylic acids is 1. The van der Waals surface area contributed by atoms with Gasteiger partial charge in [-0.05, 0) is 31.0 Å². The van der Waals surface area contributed by atoms with E-state index in [1.54, 1.807) is 6.92 Å². The minimum absolute atomic E-state index is 0.0161. The molecule has 2 aliphatic heterocycles. The lowest BCUT2D eigenvalue weighted by molar-refractivity contribution is -0.147. The predicted octanol–water partition coefficient (Wildman–Crippen LogP) is 1.57. The van der Waals surface area contributed by atoms with Crippen LogP contribution in [0.1, 0.15) is 31.2 Å². The van der Waals surface area contributed by atoms with Crippen LogP contribution < -0.4 is 5.32 Å². The standard InChI is InChI=1S/C16H17FN2O4/c1-16(15(22)23)4-5-19(8-16)14(21)11-7-13(20)18-12-6-9(17)2-3-10(11)12/h2-3,6,11H,4-5,7-8H2,1H3,(H,18,20)(H,22,23). The Kier molecular flexibility index (Phi) is 3.58. The minimum Gasteiger partial charge on any atom is -0.481 e. The average Bonchev–Trinajstić information content (AvgIpc) is 2.89. The second-order valence-corrected chi connectivity index (χ2v) is 6.41. The maximum Gasteiger partial charge on any atom is 0.311 e. The van der Waals surface area contributed by atoms with Crippen LogP contribution in [0.15, 0.2) is 18.2 Å². The van der Waals surface area contributed by atoms with Crippen LogP contribution >= 0.6 is 0 Å². The Morgan fingerprint density at radius 2 is 2.17 bits per heavy atom. The number of hydrogen-bond donors (Lipinski definition) is 2. The third-order valence-electron chi connectivity index (χ3n) is 4.65. The van der Waals surface area contributed by atoms with E-state index in [0.717, 1.165) is 0 Å². The third kappa shape index (κ3) is 2.67. The first-order valence-corrected chi connectivity index (χ1v) is 7.42. The molecule has 1 saturated heterocycles. The smallest absolute Gasteiger partial charge is 0.311 e. The van der Waals surface area contributed by atoms with Gasteiger partial charge in [0.15, 0.2) is 0 Å². The van der Waals surface area contributed by atoms with Gasteiger partial charge in [-0.25, -0.2) is 4.39 Å². The van der Waals surface area contributed by atoms with Crippen molar-refractivity contribution >= 4 is 23.5 Å². The molecule has 0 aliphatic carbocycles. The molecule has 2 atom stereocenters. The quantitative estimate of drug-likeness (QED) is 0.866. The van der Waals surface area contributed by atoms with E-state index in [1.807, 2.05) is 0 Å². The summed E-state index contributed by atoms with van der Waals surface area (Å²) in [6.07, 6.45) is 0.362. The van der Waals surface area contributed by atoms with Gasteiger partial charge in [-0.15, -0.1) is 0 Å². The highest BCUT2D eigenvalue weighted by Gasteiger charge is 2.44. The van der Waals surface area contributed by atoms with Crippen molar-refractivity contribution in [1.29, 1.82) is 0 Å². The van der Waals surface area contributed by atoms with Gasteiger partial charge in [0.2, 0.25) is 11.8 Å². The average molecular weight is 320 g/mol. The number of fused-ring (bicyclic) bond motifs is 1. The van der Waals surface area contributed by atoms with Gasteiger partial charge in [0, 0.05) is 25.2 Å². The lowest BCUT2D eigenvalue weighted by Gasteiger charge is -2.29. The number of amides is 2. The molecule has 2 N–H and O–H groups in total. The van der Waals surface area contributed by atoms with E-state index in [9.17, 15) is 23.9 Å². The number of carbonyl (C=O) groups excluding carboxylic acids is 2. The summed E-state index contributed by atoms with van der Waals surface area (Å²) in [7, 11) is 0. The van der Waals surface area contributed by atoms with E-state index in [2.05, 4.69) is 5.32 Å². The molecule has 7 heteroatoms. The van der Waals surface area contributed by atoms with E-state index in [1.165, 1.54) is 23.1 Å². The number of nitrogens with one attached hydrogen (secondary N) is 1. The fourth-order valence-corrected chi connectivity index (χ4v) is 3.20. The molecule has 2 unspecified atom stereocenters. The zero-order chi connectivity index (χ0) is 16.8. The summed E-state index contributed by atoms with van der Waals surface area (Å²) in [5, 5.41) is 11.8. The molecule has 0 spiro atoms. The molecule has 0 aromatic heterocycles. The van der Waals surface area contributed by atoms with Gasteiger partial charge in [-0.2, -0.15) is 0 Å². The number of halogens is 1. The predicted molar refractivity (Wildman–Crippen MR) is 79.3 cm³/mol. The number of carbonyl (C=O) groups is 3. The fourth-order valence-electron chi connectivity index (χ4n) is 3.20. The third-order valence-corrected chi connectivity index (χ3v) is 4.65. The summed E-state index contributed by atoms with van der Waals surface area (Å²) in [4.78, 5) is 37.4. The summed E-state index contributed by atoms with van der Waals surface area (Å²) >= 11 is 0. The number of carboxylic acid groups (broad SMARTS) is 1. The molecule has 0 saturated carbocycles. The van der Waals surface area contributed by atoms with Crippen LogP contribution in [0.25, 0.3) is 0 Å². The Morgan fingerprint density at radius 1 is 1.43 bits per heavy atom. The summed E-state index contributed by atoms with van der Waals surface area (Å²) in [5.74, 6) is -2.75. The molecule has 0 bridgehead atoms. The molecular formula is C16H17FN2O4. The first-order chi connectivity index (χ1) is 10.8. The van der Waals surface area contributed by atoms with Crippen molar-refractivity contribution in [1.82, 2.24) is 4.90 Å². The second kappa shape index (κ2) is 5.33. The van der Waals surface area contributed by atoms with E-state index < -0.39 is 23.1 Å². The molecule has 1 fully saturated rings. The van der Waals surface area contributed by atoms with Gasteiger partial charge in [-0.3, -0.25) is 14.4 Å². The van der Waals surface area contributed by atoms with Crippen LogP contribution in [0.2, 0.25) is 0 Å². The van der Waals surface area contributed by atoms with Crippen molar-refractivity contribution < 1.29 is 23.9 Å². The maximum absolute atomic E-state index is 13.3. The molecule has 0 radical (unpaired) electrons. The van der Waals surface area contributed by atoms with E-state index in [4.69, 9.17) is 0 Å². The van der Waals surface area contributed by atoms with Crippen LogP contribution in [-0.4, -0.2) is 40.9 Å². The number of nitrogens with zero attached hydrogens (tertiary/aromatic N) is 1. The number of likely N-dealkylation sites (tertiary alicyclic amines) is 1. The highest BCUT2D eigenvalue weighted by atomic mass is 19.1. The SMILES string of the molecule is CC1(C(=O)O)CCN(C(=O)C2CC(=O)Nc3cc(F)ccc32)C1. The largest absolute Gasteiger partial charge is 0.481 e. The van der Waals surface area contributed by atoms with Gasteiger partial charge in [-0.1, -0.05) is 6.07 Å². The monoisotopic (exact) mass is 320 g/mol. The molecule has 23 heavy (non-hydrogen) atoms. The van der Waals surface area contributed by atoms with Crippen molar-refractivity contribution in [2.45, 2.75) is 25.7 Å². The van der Waals surface area contributed by atoms with Crippen molar-refractivity contribution in [3.8, 4) is 0 Å². The van der Waals surface area contributed by atoms with E-state index >= 15 is 0 Å². The molecule has 1 aromatic rings. The number of anilines is 1. The van der Waals surface area contributed by atoms with Gasteiger partial charge < -0.3 is 15.3 Å². The molecular weight excluding hydrogens is 303 g/mol. The van der Waals surface area contributed by atoms with Crippen LogP contribution in [-0.2, 0) is 14.4 Å². The first kappa shape index (κ1) is 15.5. The Labute approximate surface area is 132 Å². The maximum atomic E-state index is 13.3. The van der Waals surface area contributed by atoms with Crippen LogP contribution in [0.4, 0.5) is 10.1 Å². The van der Waals surface area contributed by atoms with Crippen molar-refractivity contribution in [3.05, 3.63) is 29.6 Å². The Bertz CT molecular complexity index is 705. The highest BCUT2D eigenvalue weighted by molar-refractivity contribution is 6.01. The van der Waals surface area contributed by atoms with Crippen molar-refractivity contribution in [2.24, 2.45) is 5.41 Å². The summed E-state index contributed by atoms with van der Waals surface area (Å²) in [6.45, 7) is 2.08. The van der Waals surface area contributed by atoms with Crippen LogP contribution in [0.5, 0.6) is 0 Å².